The molecule has 0 radical (unpaired) electrons. The fourth-order valence-corrected chi connectivity index (χ4v) is 1.75. The first-order valence-electron chi connectivity index (χ1n) is 5.05. The molecule has 2 aliphatic heterocycles. The molecule has 0 unspecified atom stereocenters. The number of ether oxygens (including phenoxy) is 2. The van der Waals surface area contributed by atoms with Gasteiger partial charge in [0.25, 0.3) is 0 Å². The summed E-state index contributed by atoms with van der Waals surface area (Å²) in [7, 11) is 0. The molecule has 3 nitrogen and oxygen atoms in total. The Bertz CT molecular complexity index is 312. The summed E-state index contributed by atoms with van der Waals surface area (Å²) >= 11 is 0. The van der Waals surface area contributed by atoms with Gasteiger partial charge < -0.3 is 9.47 Å². The maximum absolute atomic E-state index is 11.4. The number of carbonyl (C=O) groups is 1. The quantitative estimate of drug-likeness (QED) is 0.630. The Morgan fingerprint density at radius 3 is 3.07 bits per heavy atom. The van der Waals surface area contributed by atoms with Gasteiger partial charge >= 0.3 is 5.97 Å². The van der Waals surface area contributed by atoms with Crippen LogP contribution in [0.5, 0.6) is 0 Å². The van der Waals surface area contributed by atoms with Crippen LogP contribution in [0.3, 0.4) is 0 Å². The summed E-state index contributed by atoms with van der Waals surface area (Å²) < 4.78 is 10.3. The van der Waals surface area contributed by atoms with Crippen LogP contribution >= 0.6 is 0 Å². The van der Waals surface area contributed by atoms with Crippen molar-refractivity contribution in [1.29, 1.82) is 0 Å². The van der Waals surface area contributed by atoms with Gasteiger partial charge in [0.05, 0.1) is 6.61 Å². The lowest BCUT2D eigenvalue weighted by atomic mass is 9.99. The molecule has 2 heterocycles. The highest BCUT2D eigenvalue weighted by Gasteiger charge is 2.31. The highest BCUT2D eigenvalue weighted by Crippen LogP contribution is 2.30. The molecule has 0 atom stereocenters. The number of hydrogen-bond acceptors (Lipinski definition) is 3. The van der Waals surface area contributed by atoms with E-state index in [2.05, 4.69) is 13.0 Å². The average molecular weight is 194 g/mol. The predicted octanol–water partition coefficient (Wildman–Crippen LogP) is 1.94. The molecule has 0 amide bonds. The van der Waals surface area contributed by atoms with E-state index in [0.29, 0.717) is 18.8 Å². The lowest BCUT2D eigenvalue weighted by Crippen LogP contribution is -2.10. The molecule has 0 aromatic rings. The Morgan fingerprint density at radius 1 is 1.43 bits per heavy atom. The molecule has 0 aromatic heterocycles. The second kappa shape index (κ2) is 3.86. The van der Waals surface area contributed by atoms with Gasteiger partial charge in [0.2, 0.25) is 0 Å². The van der Waals surface area contributed by atoms with Crippen molar-refractivity contribution in [3.8, 4) is 0 Å². The summed E-state index contributed by atoms with van der Waals surface area (Å²) in [5.74, 6) is 0.505. The van der Waals surface area contributed by atoms with Crippen molar-refractivity contribution < 1.29 is 14.3 Å². The monoisotopic (exact) mass is 194 g/mol. The molecule has 0 saturated carbocycles. The van der Waals surface area contributed by atoms with Crippen LogP contribution in [0.1, 0.15) is 26.2 Å². The molecule has 14 heavy (non-hydrogen) atoms. The number of hydrogen-bond donors (Lipinski definition) is 0. The lowest BCUT2D eigenvalue weighted by molar-refractivity contribution is -0.135. The molecule has 76 valence electrons. The Morgan fingerprint density at radius 2 is 2.29 bits per heavy atom. The summed E-state index contributed by atoms with van der Waals surface area (Å²) in [6, 6.07) is 0. The predicted molar refractivity (Wildman–Crippen MR) is 51.5 cm³/mol. The van der Waals surface area contributed by atoms with Crippen LogP contribution in [0, 0.1) is 0 Å². The Balaban J connectivity index is 2.25. The molecule has 0 saturated heterocycles. The van der Waals surface area contributed by atoms with Crippen LogP contribution in [0.4, 0.5) is 0 Å². The molecule has 0 aromatic carbocycles. The van der Waals surface area contributed by atoms with Crippen LogP contribution in [0.2, 0.25) is 0 Å². The van der Waals surface area contributed by atoms with E-state index in [1.165, 1.54) is 0 Å². The van der Waals surface area contributed by atoms with Gasteiger partial charge in [0.15, 0.2) is 0 Å². The Hall–Kier alpha value is -1.25. The normalized spacial score (nSPS) is 23.5. The van der Waals surface area contributed by atoms with Gasteiger partial charge in [-0.05, 0) is 12.0 Å². The zero-order valence-electron chi connectivity index (χ0n) is 8.34. The maximum Gasteiger partial charge on any atom is 0.342 e. The minimum Gasteiger partial charge on any atom is -0.493 e. The van der Waals surface area contributed by atoms with Gasteiger partial charge in [-0.25, -0.2) is 4.79 Å². The fraction of sp³-hybridized carbons (Fsp3) is 0.545. The third-order valence-corrected chi connectivity index (χ3v) is 2.47. The molecular weight excluding hydrogens is 180 g/mol. The Labute approximate surface area is 83.4 Å². The van der Waals surface area contributed by atoms with Crippen molar-refractivity contribution in [2.45, 2.75) is 26.2 Å². The minimum absolute atomic E-state index is 0.220. The summed E-state index contributed by atoms with van der Waals surface area (Å²) in [6.45, 7) is 3.11. The van der Waals surface area contributed by atoms with Crippen LogP contribution in [-0.2, 0) is 14.3 Å². The van der Waals surface area contributed by atoms with Crippen molar-refractivity contribution in [3.05, 3.63) is 23.0 Å². The first-order valence-corrected chi connectivity index (χ1v) is 5.05. The largest absolute Gasteiger partial charge is 0.493 e. The first-order chi connectivity index (χ1) is 6.83. The van der Waals surface area contributed by atoms with E-state index in [1.54, 1.807) is 0 Å². The molecule has 0 spiro atoms. The van der Waals surface area contributed by atoms with Crippen LogP contribution in [-0.4, -0.2) is 19.2 Å². The smallest absolute Gasteiger partial charge is 0.342 e. The summed E-state index contributed by atoms with van der Waals surface area (Å²) in [4.78, 5) is 11.4. The second-order valence-corrected chi connectivity index (χ2v) is 3.49. The number of cyclic esters (lactones) is 1. The molecule has 0 bridgehead atoms. The van der Waals surface area contributed by atoms with Gasteiger partial charge in [0.1, 0.15) is 17.9 Å². The van der Waals surface area contributed by atoms with Crippen molar-refractivity contribution in [2.75, 3.05) is 13.2 Å². The molecule has 0 aliphatic carbocycles. The van der Waals surface area contributed by atoms with Crippen LogP contribution in [0.15, 0.2) is 23.0 Å². The van der Waals surface area contributed by atoms with Gasteiger partial charge in [-0.1, -0.05) is 19.4 Å². The zero-order valence-corrected chi connectivity index (χ0v) is 8.34. The Kier molecular flexibility index (Phi) is 2.57. The number of carbonyl (C=O) groups excluding carboxylic acids is 1. The molecule has 2 rings (SSSR count). The number of esters is 1. The number of rotatable bonds is 2. The van der Waals surface area contributed by atoms with Crippen molar-refractivity contribution in [1.82, 2.24) is 0 Å². The highest BCUT2D eigenvalue weighted by molar-refractivity contribution is 5.96. The summed E-state index contributed by atoms with van der Waals surface area (Å²) in [5, 5.41) is 0. The van der Waals surface area contributed by atoms with Gasteiger partial charge in [-0.2, -0.15) is 0 Å². The highest BCUT2D eigenvalue weighted by atomic mass is 16.6. The fourth-order valence-electron chi connectivity index (χ4n) is 1.75. The van der Waals surface area contributed by atoms with Gasteiger partial charge in [-0.15, -0.1) is 0 Å². The second-order valence-electron chi connectivity index (χ2n) is 3.49. The third kappa shape index (κ3) is 1.54. The molecular formula is C11H14O3. The third-order valence-electron chi connectivity index (χ3n) is 2.47. The maximum atomic E-state index is 11.4. The summed E-state index contributed by atoms with van der Waals surface area (Å²) in [5.41, 5.74) is 1.79. The first kappa shape index (κ1) is 9.31. The van der Waals surface area contributed by atoms with Crippen LogP contribution < -0.4 is 0 Å². The molecule has 0 fully saturated rings. The SMILES string of the molecule is CCC/C=C1/CCOC2=C1C(=O)OC2. The van der Waals surface area contributed by atoms with Crippen molar-refractivity contribution in [2.24, 2.45) is 0 Å². The lowest BCUT2D eigenvalue weighted by Gasteiger charge is -2.15. The van der Waals surface area contributed by atoms with Crippen LogP contribution in [0.25, 0.3) is 0 Å². The number of unbranched alkanes of at least 4 members (excludes halogenated alkanes) is 1. The molecule has 3 heteroatoms. The van der Waals surface area contributed by atoms with Gasteiger partial charge in [0, 0.05) is 6.42 Å². The topological polar surface area (TPSA) is 35.5 Å². The van der Waals surface area contributed by atoms with E-state index < -0.39 is 0 Å². The van der Waals surface area contributed by atoms with E-state index in [9.17, 15) is 4.79 Å². The average Bonchev–Trinajstić information content (AvgIpc) is 2.58. The van der Waals surface area contributed by atoms with Crippen molar-refractivity contribution >= 4 is 5.97 Å². The van der Waals surface area contributed by atoms with E-state index in [1.807, 2.05) is 0 Å². The molecule has 0 N–H and O–H groups in total. The zero-order chi connectivity index (χ0) is 9.97. The van der Waals surface area contributed by atoms with E-state index in [4.69, 9.17) is 9.47 Å². The van der Waals surface area contributed by atoms with E-state index in [0.717, 1.165) is 30.6 Å². The number of allylic oxidation sites excluding steroid dienone is 1. The van der Waals surface area contributed by atoms with E-state index >= 15 is 0 Å². The molecule has 2 aliphatic rings. The van der Waals surface area contributed by atoms with E-state index in [-0.39, 0.29) is 5.97 Å². The summed E-state index contributed by atoms with van der Waals surface area (Å²) in [6.07, 6.45) is 5.07. The van der Waals surface area contributed by atoms with Gasteiger partial charge in [-0.3, -0.25) is 0 Å². The van der Waals surface area contributed by atoms with Crippen molar-refractivity contribution in [3.63, 3.8) is 0 Å². The standard InChI is InChI=1S/C11H14O3/c1-2-3-4-8-5-6-13-9-7-14-11(12)10(8)9/h4H,2-3,5-7H2,1H3/b8-4-. The minimum atomic E-state index is -0.220.